The Hall–Kier alpha value is -3.28. The van der Waals surface area contributed by atoms with Crippen molar-refractivity contribution in [2.24, 2.45) is 11.7 Å². The fourth-order valence-corrected chi connectivity index (χ4v) is 6.59. The third-order valence-corrected chi connectivity index (χ3v) is 9.46. The van der Waals surface area contributed by atoms with Crippen LogP contribution in [-0.2, 0) is 27.4 Å². The van der Waals surface area contributed by atoms with Crippen molar-refractivity contribution >= 4 is 27.4 Å². The zero-order valence-electron chi connectivity index (χ0n) is 24.0. The molecule has 4 rings (SSSR count). The number of rotatable bonds is 13. The predicted molar refractivity (Wildman–Crippen MR) is 157 cm³/mol. The maximum Gasteiger partial charge on any atom is 0.451 e. The molecule has 1 atom stereocenters. The van der Waals surface area contributed by atoms with Gasteiger partial charge < -0.3 is 15.5 Å². The zero-order valence-corrected chi connectivity index (χ0v) is 24.8. The first-order chi connectivity index (χ1) is 20.5. The molecule has 0 aliphatic carbocycles. The van der Waals surface area contributed by atoms with E-state index >= 15 is 0 Å². The normalized spacial score (nSPS) is 18.2. The van der Waals surface area contributed by atoms with E-state index in [1.54, 1.807) is 28.0 Å². The minimum Gasteiger partial charge on any atom is -0.356 e. The van der Waals surface area contributed by atoms with E-state index in [1.165, 1.54) is 0 Å². The molecule has 43 heavy (non-hydrogen) atoms. The fraction of sp³-hybridized carbons (Fsp3) is 0.586. The van der Waals surface area contributed by atoms with Crippen molar-refractivity contribution in [2.75, 3.05) is 48.3 Å². The Bertz CT molecular complexity index is 1390. The maximum absolute atomic E-state index is 13.9. The lowest BCUT2D eigenvalue weighted by Gasteiger charge is -2.34. The Morgan fingerprint density at radius 1 is 1.09 bits per heavy atom. The van der Waals surface area contributed by atoms with Crippen LogP contribution in [0.4, 0.5) is 24.8 Å². The summed E-state index contributed by atoms with van der Waals surface area (Å²) in [6, 6.07) is 10.3. The SMILES string of the molecule is N#Cc1ccc(CCCC(=O)[C@@H]2CCCN2c2cc(N3CCC(CCNS(=O)(=O)CCN)CC3)nc(C(F)(F)F)n2)cc1. The third kappa shape index (κ3) is 9.11. The van der Waals surface area contributed by atoms with Gasteiger partial charge in [-0.2, -0.15) is 18.4 Å². The number of carbonyl (C=O) groups is 1. The van der Waals surface area contributed by atoms with E-state index in [0.717, 1.165) is 5.56 Å². The van der Waals surface area contributed by atoms with Crippen LogP contribution in [0.1, 0.15) is 61.9 Å². The Morgan fingerprint density at radius 3 is 2.44 bits per heavy atom. The van der Waals surface area contributed by atoms with E-state index in [-0.39, 0.29) is 35.6 Å². The van der Waals surface area contributed by atoms with Gasteiger partial charge in [-0.1, -0.05) is 12.1 Å². The molecule has 3 N–H and O–H groups in total. The van der Waals surface area contributed by atoms with Gasteiger partial charge in [0.25, 0.3) is 0 Å². The average Bonchev–Trinajstić information content (AvgIpc) is 3.47. The number of sulfonamides is 1. The molecular weight excluding hydrogens is 583 g/mol. The summed E-state index contributed by atoms with van der Waals surface area (Å²) in [5, 5.41) is 8.95. The maximum atomic E-state index is 13.9. The lowest BCUT2D eigenvalue weighted by molar-refractivity contribution is -0.144. The number of alkyl halides is 3. The Labute approximate surface area is 250 Å². The molecule has 2 fully saturated rings. The number of nitrogens with two attached hydrogens (primary N) is 1. The van der Waals surface area contributed by atoms with Crippen molar-refractivity contribution in [3.8, 4) is 6.07 Å². The second kappa shape index (κ2) is 14.5. The van der Waals surface area contributed by atoms with E-state index in [1.807, 2.05) is 12.1 Å². The molecule has 0 amide bonds. The van der Waals surface area contributed by atoms with E-state index in [9.17, 15) is 26.4 Å². The Kier molecular flexibility index (Phi) is 11.0. The van der Waals surface area contributed by atoms with Crippen LogP contribution in [0.2, 0.25) is 0 Å². The van der Waals surface area contributed by atoms with Crippen molar-refractivity contribution in [1.82, 2.24) is 14.7 Å². The van der Waals surface area contributed by atoms with Crippen LogP contribution in [-0.4, -0.2) is 68.7 Å². The number of aromatic nitrogens is 2. The van der Waals surface area contributed by atoms with E-state index in [2.05, 4.69) is 20.8 Å². The molecule has 0 radical (unpaired) electrons. The lowest BCUT2D eigenvalue weighted by Crippen LogP contribution is -2.39. The molecular formula is C29H38F3N7O3S. The fourth-order valence-electron chi connectivity index (χ4n) is 5.71. The molecule has 234 valence electrons. The number of benzene rings is 1. The molecule has 2 aliphatic rings. The number of carbonyl (C=O) groups excluding carboxylic acids is 1. The molecule has 0 unspecified atom stereocenters. The molecule has 0 bridgehead atoms. The molecule has 0 spiro atoms. The summed E-state index contributed by atoms with van der Waals surface area (Å²) in [6.07, 6.45) is 0.0298. The highest BCUT2D eigenvalue weighted by Crippen LogP contribution is 2.34. The van der Waals surface area contributed by atoms with Crippen LogP contribution in [0.5, 0.6) is 0 Å². The predicted octanol–water partition coefficient (Wildman–Crippen LogP) is 3.41. The molecule has 14 heteroatoms. The number of halogens is 3. The molecule has 2 aliphatic heterocycles. The quantitative estimate of drug-likeness (QED) is 0.344. The van der Waals surface area contributed by atoms with Crippen molar-refractivity contribution < 1.29 is 26.4 Å². The number of Topliss-reactive ketones (excluding diaryl/α,β-unsaturated/α-hetero) is 1. The highest BCUT2D eigenvalue weighted by molar-refractivity contribution is 7.89. The first-order valence-electron chi connectivity index (χ1n) is 14.7. The summed E-state index contributed by atoms with van der Waals surface area (Å²) in [5.41, 5.74) is 6.91. The number of anilines is 2. The number of hydrogen-bond donors (Lipinski definition) is 2. The van der Waals surface area contributed by atoms with Crippen LogP contribution in [0, 0.1) is 17.2 Å². The van der Waals surface area contributed by atoms with Crippen LogP contribution in [0.3, 0.4) is 0 Å². The van der Waals surface area contributed by atoms with Gasteiger partial charge in [0, 0.05) is 45.2 Å². The number of hydrogen-bond acceptors (Lipinski definition) is 9. The molecule has 1 aromatic heterocycles. The smallest absolute Gasteiger partial charge is 0.356 e. The summed E-state index contributed by atoms with van der Waals surface area (Å²) < 4.78 is 67.8. The zero-order chi connectivity index (χ0) is 31.0. The summed E-state index contributed by atoms with van der Waals surface area (Å²) >= 11 is 0. The minimum atomic E-state index is -4.75. The van der Waals surface area contributed by atoms with Crippen LogP contribution in [0.25, 0.3) is 0 Å². The van der Waals surface area contributed by atoms with Crippen LogP contribution >= 0.6 is 0 Å². The number of nitriles is 1. The molecule has 0 saturated carbocycles. The molecule has 1 aromatic carbocycles. The number of ketones is 1. The van der Waals surface area contributed by atoms with Gasteiger partial charge in [0.2, 0.25) is 15.8 Å². The number of nitrogens with zero attached hydrogens (tertiary/aromatic N) is 5. The topological polar surface area (TPSA) is 145 Å². The first kappa shape index (κ1) is 32.6. The number of nitrogens with one attached hydrogen (secondary N) is 1. The van der Waals surface area contributed by atoms with Gasteiger partial charge in [-0.25, -0.2) is 23.1 Å². The van der Waals surface area contributed by atoms with Gasteiger partial charge in [0.05, 0.1) is 23.4 Å². The summed E-state index contributed by atoms with van der Waals surface area (Å²) in [7, 11) is -3.40. The number of aryl methyl sites for hydroxylation is 1. The molecule has 2 aromatic rings. The largest absolute Gasteiger partial charge is 0.451 e. The highest BCUT2D eigenvalue weighted by atomic mass is 32.2. The second-order valence-corrected chi connectivity index (χ2v) is 13.0. The van der Waals surface area contributed by atoms with Crippen molar-refractivity contribution in [2.45, 2.75) is 63.6 Å². The monoisotopic (exact) mass is 621 g/mol. The first-order valence-corrected chi connectivity index (χ1v) is 16.3. The second-order valence-electron chi connectivity index (χ2n) is 11.1. The summed E-state index contributed by atoms with van der Waals surface area (Å²) in [6.45, 7) is 1.72. The van der Waals surface area contributed by atoms with Gasteiger partial charge in [-0.15, -0.1) is 0 Å². The van der Waals surface area contributed by atoms with Gasteiger partial charge in [-0.3, -0.25) is 4.79 Å². The van der Waals surface area contributed by atoms with Crippen molar-refractivity contribution in [3.05, 3.63) is 47.3 Å². The van der Waals surface area contributed by atoms with Crippen LogP contribution < -0.4 is 20.3 Å². The highest BCUT2D eigenvalue weighted by Gasteiger charge is 2.38. The average molecular weight is 622 g/mol. The van der Waals surface area contributed by atoms with E-state index < -0.39 is 28.1 Å². The van der Waals surface area contributed by atoms with Gasteiger partial charge in [0.15, 0.2) is 5.78 Å². The number of piperidine rings is 1. The Balaban J connectivity index is 1.39. The third-order valence-electron chi connectivity index (χ3n) is 8.04. The Morgan fingerprint density at radius 2 is 1.79 bits per heavy atom. The van der Waals surface area contributed by atoms with Crippen LogP contribution in [0.15, 0.2) is 30.3 Å². The van der Waals surface area contributed by atoms with E-state index in [4.69, 9.17) is 11.0 Å². The standard InChI is InChI=1S/C29H38F3N7O3S/c30-29(31,32)28-36-26(38-16-11-22(12-17-38)10-14-35-43(41,42)18-13-33)19-27(37-28)39-15-2-4-24(39)25(40)5-1-3-21-6-8-23(20-34)9-7-21/h6-9,19,22,24,35H,1-5,10-18,33H2/t24-/m0/s1. The summed E-state index contributed by atoms with van der Waals surface area (Å²) in [4.78, 5) is 24.4. The molecule has 10 nitrogen and oxygen atoms in total. The van der Waals surface area contributed by atoms with E-state index in [0.29, 0.717) is 83.1 Å². The molecule has 2 saturated heterocycles. The van der Waals surface area contributed by atoms with Gasteiger partial charge >= 0.3 is 6.18 Å². The lowest BCUT2D eigenvalue weighted by atomic mass is 9.93. The van der Waals surface area contributed by atoms with Crippen molar-refractivity contribution in [3.63, 3.8) is 0 Å². The van der Waals surface area contributed by atoms with Gasteiger partial charge in [-0.05, 0) is 68.6 Å². The van der Waals surface area contributed by atoms with Crippen molar-refractivity contribution in [1.29, 1.82) is 5.26 Å². The summed E-state index contributed by atoms with van der Waals surface area (Å²) in [5.74, 6) is -0.872. The minimum absolute atomic E-state index is 0.0252. The molecule has 3 heterocycles. The van der Waals surface area contributed by atoms with Gasteiger partial charge in [0.1, 0.15) is 11.6 Å².